The van der Waals surface area contributed by atoms with Gasteiger partial charge in [-0.05, 0) is 38.0 Å². The van der Waals surface area contributed by atoms with Gasteiger partial charge in [0.05, 0.1) is 28.2 Å². The Hall–Kier alpha value is -2.87. The van der Waals surface area contributed by atoms with Crippen LogP contribution in [0.4, 0.5) is 0 Å². The monoisotopic (exact) mass is 453 g/mol. The molecule has 0 radical (unpaired) electrons. The van der Waals surface area contributed by atoms with Gasteiger partial charge in [-0.2, -0.15) is 0 Å². The van der Waals surface area contributed by atoms with Gasteiger partial charge in [0.25, 0.3) is 5.91 Å². The van der Waals surface area contributed by atoms with E-state index in [9.17, 15) is 4.79 Å². The number of rotatable bonds is 5. The van der Waals surface area contributed by atoms with Crippen LogP contribution >= 0.6 is 22.9 Å². The molecule has 1 fully saturated rings. The molecule has 3 aromatic heterocycles. The summed E-state index contributed by atoms with van der Waals surface area (Å²) in [5.41, 5.74) is 3.74. The first-order valence-electron chi connectivity index (χ1n) is 10.0. The van der Waals surface area contributed by atoms with E-state index in [-0.39, 0.29) is 12.1 Å². The quantitative estimate of drug-likeness (QED) is 0.421. The summed E-state index contributed by atoms with van der Waals surface area (Å²) in [6.45, 7) is 2.57. The first kappa shape index (κ1) is 20.1. The van der Waals surface area contributed by atoms with E-state index < -0.39 is 0 Å². The fourth-order valence-electron chi connectivity index (χ4n) is 3.77. The molecular weight excluding hydrogens is 434 g/mol. The number of benzene rings is 1. The van der Waals surface area contributed by atoms with Crippen molar-refractivity contribution in [1.82, 2.24) is 14.9 Å². The van der Waals surface area contributed by atoms with E-state index in [0.717, 1.165) is 40.5 Å². The van der Waals surface area contributed by atoms with Gasteiger partial charge >= 0.3 is 0 Å². The van der Waals surface area contributed by atoms with E-state index in [2.05, 4.69) is 5.32 Å². The zero-order valence-electron chi connectivity index (χ0n) is 16.8. The molecular formula is C23H20ClN3O3S. The number of hydrogen-bond acceptors (Lipinski definition) is 5. The summed E-state index contributed by atoms with van der Waals surface area (Å²) in [5, 5.41) is 6.40. The summed E-state index contributed by atoms with van der Waals surface area (Å²) in [5.74, 6) is 0.452. The Bertz CT molecular complexity index is 1220. The number of carbonyl (C=O) groups excluding carboxylic acids is 1. The first-order chi connectivity index (χ1) is 15.1. The number of nitrogens with one attached hydrogen (secondary N) is 1. The molecule has 1 N–H and O–H groups in total. The van der Waals surface area contributed by atoms with Gasteiger partial charge in [-0.3, -0.25) is 9.36 Å². The van der Waals surface area contributed by atoms with Crippen molar-refractivity contribution in [3.05, 3.63) is 70.4 Å². The minimum absolute atomic E-state index is 0.169. The Morgan fingerprint density at radius 2 is 2.16 bits per heavy atom. The van der Waals surface area contributed by atoms with Crippen LogP contribution in [0.1, 0.15) is 28.9 Å². The molecule has 1 amide bonds. The van der Waals surface area contributed by atoms with E-state index in [1.54, 1.807) is 6.26 Å². The molecule has 0 bridgehead atoms. The fraction of sp³-hybridized carbons (Fsp3) is 0.217. The summed E-state index contributed by atoms with van der Waals surface area (Å²) in [4.78, 5) is 17.8. The molecule has 1 aromatic carbocycles. The number of thiazole rings is 1. The molecule has 1 unspecified atom stereocenters. The molecule has 1 saturated heterocycles. The smallest absolute Gasteiger partial charge is 0.255 e. The SMILES string of the molecule is Cc1c(C(=O)NC2CCCO2)cc(-c2csc(-c3ccccc3Cl)n2)n1-c1ccco1. The topological polar surface area (TPSA) is 69.3 Å². The van der Waals surface area contributed by atoms with Crippen LogP contribution in [0.2, 0.25) is 5.02 Å². The zero-order valence-corrected chi connectivity index (χ0v) is 18.4. The summed E-state index contributed by atoms with van der Waals surface area (Å²) >= 11 is 7.87. The van der Waals surface area contributed by atoms with Gasteiger partial charge in [-0.1, -0.05) is 29.8 Å². The molecule has 1 aliphatic rings. The minimum Gasteiger partial charge on any atom is -0.448 e. The molecule has 6 nitrogen and oxygen atoms in total. The first-order valence-corrected chi connectivity index (χ1v) is 11.3. The Morgan fingerprint density at radius 3 is 2.90 bits per heavy atom. The van der Waals surface area contributed by atoms with Gasteiger partial charge in [0.2, 0.25) is 5.88 Å². The van der Waals surface area contributed by atoms with Crippen molar-refractivity contribution in [2.75, 3.05) is 6.61 Å². The van der Waals surface area contributed by atoms with Crippen molar-refractivity contribution >= 4 is 28.8 Å². The van der Waals surface area contributed by atoms with E-state index in [1.165, 1.54) is 11.3 Å². The van der Waals surface area contributed by atoms with Crippen LogP contribution in [0.15, 0.2) is 58.5 Å². The summed E-state index contributed by atoms with van der Waals surface area (Å²) < 4.78 is 13.1. The Balaban J connectivity index is 1.57. The lowest BCUT2D eigenvalue weighted by Gasteiger charge is -2.12. The molecule has 0 spiro atoms. The Morgan fingerprint density at radius 1 is 1.29 bits per heavy atom. The average molecular weight is 454 g/mol. The third-order valence-corrected chi connectivity index (χ3v) is 6.52. The third kappa shape index (κ3) is 3.80. The van der Waals surface area contributed by atoms with Gasteiger partial charge in [-0.25, -0.2) is 4.98 Å². The lowest BCUT2D eigenvalue weighted by molar-refractivity contribution is 0.0639. The van der Waals surface area contributed by atoms with Crippen LogP contribution in [0, 0.1) is 6.92 Å². The van der Waals surface area contributed by atoms with Crippen molar-refractivity contribution in [3.63, 3.8) is 0 Å². The lowest BCUT2D eigenvalue weighted by atomic mass is 10.2. The van der Waals surface area contributed by atoms with Crippen LogP contribution in [-0.4, -0.2) is 28.3 Å². The second kappa shape index (κ2) is 8.34. The number of furan rings is 1. The highest BCUT2D eigenvalue weighted by atomic mass is 35.5. The molecule has 158 valence electrons. The molecule has 5 rings (SSSR count). The number of halogens is 1. The Labute approximate surface area is 188 Å². The van der Waals surface area contributed by atoms with Crippen LogP contribution in [0.5, 0.6) is 0 Å². The van der Waals surface area contributed by atoms with Crippen molar-refractivity contribution in [1.29, 1.82) is 0 Å². The number of carbonyl (C=O) groups is 1. The van der Waals surface area contributed by atoms with Gasteiger partial charge in [0, 0.05) is 29.3 Å². The van der Waals surface area contributed by atoms with Crippen LogP contribution in [-0.2, 0) is 4.74 Å². The number of aromatic nitrogens is 2. The highest BCUT2D eigenvalue weighted by Gasteiger charge is 2.25. The standard InChI is InChI=1S/C23H20ClN3O3S/c1-14-16(22(28)26-20-8-4-10-29-20)12-19(27(14)21-9-5-11-30-21)18-13-31-23(25-18)15-6-2-3-7-17(15)24/h2-3,5-7,9,11-13,20H,4,8,10H2,1H3,(H,26,28). The average Bonchev–Trinajstić information content (AvgIpc) is 3.55. The molecule has 4 heterocycles. The normalized spacial score (nSPS) is 16.0. The van der Waals surface area contributed by atoms with E-state index in [0.29, 0.717) is 23.1 Å². The maximum absolute atomic E-state index is 13.0. The summed E-state index contributed by atoms with van der Waals surface area (Å²) in [6, 6.07) is 13.2. The molecule has 0 aliphatic carbocycles. The molecule has 1 atom stereocenters. The fourth-order valence-corrected chi connectivity index (χ4v) is 4.91. The zero-order chi connectivity index (χ0) is 21.4. The maximum atomic E-state index is 13.0. The lowest BCUT2D eigenvalue weighted by Crippen LogP contribution is -2.34. The van der Waals surface area contributed by atoms with Gasteiger partial charge < -0.3 is 14.5 Å². The number of amides is 1. The molecule has 8 heteroatoms. The largest absolute Gasteiger partial charge is 0.448 e. The summed E-state index contributed by atoms with van der Waals surface area (Å²) in [6.07, 6.45) is 3.14. The number of ether oxygens (including phenoxy) is 1. The second-order valence-electron chi connectivity index (χ2n) is 7.31. The van der Waals surface area contributed by atoms with E-state index in [4.69, 9.17) is 25.7 Å². The van der Waals surface area contributed by atoms with Gasteiger partial charge in [0.1, 0.15) is 11.2 Å². The Kier molecular flexibility index (Phi) is 5.40. The van der Waals surface area contributed by atoms with Crippen molar-refractivity contribution in [2.45, 2.75) is 26.0 Å². The van der Waals surface area contributed by atoms with Crippen molar-refractivity contribution in [2.24, 2.45) is 0 Å². The number of hydrogen-bond donors (Lipinski definition) is 1. The van der Waals surface area contributed by atoms with Gasteiger partial charge in [0.15, 0.2) is 0 Å². The molecule has 31 heavy (non-hydrogen) atoms. The third-order valence-electron chi connectivity index (χ3n) is 5.31. The highest BCUT2D eigenvalue weighted by Crippen LogP contribution is 2.35. The maximum Gasteiger partial charge on any atom is 0.255 e. The second-order valence-corrected chi connectivity index (χ2v) is 8.57. The van der Waals surface area contributed by atoms with Crippen LogP contribution in [0.3, 0.4) is 0 Å². The number of nitrogens with zero attached hydrogens (tertiary/aromatic N) is 2. The predicted octanol–water partition coefficient (Wildman–Crippen LogP) is 5.69. The van der Waals surface area contributed by atoms with Crippen LogP contribution < -0.4 is 5.32 Å². The van der Waals surface area contributed by atoms with Crippen molar-refractivity contribution in [3.8, 4) is 27.8 Å². The van der Waals surface area contributed by atoms with Crippen LogP contribution in [0.25, 0.3) is 27.8 Å². The highest BCUT2D eigenvalue weighted by molar-refractivity contribution is 7.13. The molecule has 0 saturated carbocycles. The molecule has 4 aromatic rings. The van der Waals surface area contributed by atoms with E-state index >= 15 is 0 Å². The van der Waals surface area contributed by atoms with E-state index in [1.807, 2.05) is 59.3 Å². The predicted molar refractivity (Wildman–Crippen MR) is 121 cm³/mol. The molecule has 1 aliphatic heterocycles. The minimum atomic E-state index is -0.242. The van der Waals surface area contributed by atoms with Crippen molar-refractivity contribution < 1.29 is 13.9 Å². The summed E-state index contributed by atoms with van der Waals surface area (Å²) in [7, 11) is 0. The van der Waals surface area contributed by atoms with Gasteiger partial charge in [-0.15, -0.1) is 11.3 Å².